The van der Waals surface area contributed by atoms with Gasteiger partial charge in [-0.1, -0.05) is 6.92 Å². The average Bonchev–Trinajstić information content (AvgIpc) is 2.81. The van der Waals surface area contributed by atoms with Gasteiger partial charge in [0, 0.05) is 32.4 Å². The number of piperidine rings is 1. The van der Waals surface area contributed by atoms with E-state index in [0.29, 0.717) is 19.0 Å². The molecule has 9 heteroatoms. The summed E-state index contributed by atoms with van der Waals surface area (Å²) >= 11 is 0. The molecule has 22 heavy (non-hydrogen) atoms. The number of carbonyl (C=O) groups is 1. The Hall–Kier alpha value is -1.09. The first-order chi connectivity index (χ1) is 9.77. The van der Waals surface area contributed by atoms with Gasteiger partial charge < -0.3 is 16.0 Å². The van der Waals surface area contributed by atoms with Gasteiger partial charge >= 0.3 is 0 Å². The minimum absolute atomic E-state index is 0. The summed E-state index contributed by atoms with van der Waals surface area (Å²) in [4.78, 5) is 11.4. The van der Waals surface area contributed by atoms with Crippen LogP contribution < -0.4 is 11.5 Å². The molecule has 126 valence electrons. The fourth-order valence-electron chi connectivity index (χ4n) is 2.82. The number of carbonyl (C=O) groups excluding carboxylic acids is 1. The maximum Gasteiger partial charge on any atom is 0.265 e. The summed E-state index contributed by atoms with van der Waals surface area (Å²) in [5.74, 6) is -0.191. The van der Waals surface area contributed by atoms with Crippen LogP contribution in [0, 0.1) is 5.92 Å². The predicted molar refractivity (Wildman–Crippen MR) is 86.3 cm³/mol. The normalized spacial score (nSPS) is 23.0. The molecule has 0 aliphatic carbocycles. The second-order valence-electron chi connectivity index (χ2n) is 5.67. The molecule has 0 aromatic carbocycles. The lowest BCUT2D eigenvalue weighted by molar-refractivity contribution is 0.0992. The van der Waals surface area contributed by atoms with Crippen molar-refractivity contribution in [2.75, 3.05) is 13.1 Å². The van der Waals surface area contributed by atoms with Crippen LogP contribution in [-0.2, 0) is 17.1 Å². The van der Waals surface area contributed by atoms with Gasteiger partial charge in [0.1, 0.15) is 10.6 Å². The summed E-state index contributed by atoms with van der Waals surface area (Å²) in [7, 11) is -2.06. The van der Waals surface area contributed by atoms with Crippen LogP contribution in [0.5, 0.6) is 0 Å². The summed E-state index contributed by atoms with van der Waals surface area (Å²) in [6, 6.07) is 1.12. The third-order valence-electron chi connectivity index (χ3n) is 4.03. The lowest BCUT2D eigenvalue weighted by Crippen LogP contribution is -2.49. The fourth-order valence-corrected chi connectivity index (χ4v) is 4.55. The SMILES string of the molecule is CC1CCN(S(=O)(=O)c2cc(C(N)=O)n(C)c2)C(CN)C1.Cl. The van der Waals surface area contributed by atoms with Crippen molar-refractivity contribution >= 4 is 28.3 Å². The number of nitrogens with zero attached hydrogens (tertiary/aromatic N) is 2. The van der Waals surface area contributed by atoms with Crippen molar-refractivity contribution in [3.63, 3.8) is 0 Å². The molecule has 2 heterocycles. The number of nitrogens with two attached hydrogens (primary N) is 2. The van der Waals surface area contributed by atoms with Crippen LogP contribution in [0.2, 0.25) is 0 Å². The highest BCUT2D eigenvalue weighted by atomic mass is 35.5. The lowest BCUT2D eigenvalue weighted by atomic mass is 9.94. The first-order valence-corrected chi connectivity index (χ1v) is 8.39. The maximum absolute atomic E-state index is 12.8. The Morgan fingerprint density at radius 3 is 2.59 bits per heavy atom. The molecule has 2 unspecified atom stereocenters. The zero-order valence-corrected chi connectivity index (χ0v) is 14.4. The molecule has 1 saturated heterocycles. The Balaban J connectivity index is 0.00000242. The summed E-state index contributed by atoms with van der Waals surface area (Å²) in [6.07, 6.45) is 2.98. The molecule has 0 saturated carbocycles. The number of aryl methyl sites for hydroxylation is 1. The Morgan fingerprint density at radius 2 is 2.09 bits per heavy atom. The highest BCUT2D eigenvalue weighted by Crippen LogP contribution is 2.28. The van der Waals surface area contributed by atoms with E-state index in [9.17, 15) is 13.2 Å². The summed E-state index contributed by atoms with van der Waals surface area (Å²) in [5.41, 5.74) is 11.1. The van der Waals surface area contributed by atoms with Gasteiger partial charge in [-0.3, -0.25) is 4.79 Å². The zero-order chi connectivity index (χ0) is 15.8. The van der Waals surface area contributed by atoms with Crippen molar-refractivity contribution in [1.82, 2.24) is 8.87 Å². The monoisotopic (exact) mass is 350 g/mol. The van der Waals surface area contributed by atoms with E-state index in [1.165, 1.54) is 21.1 Å². The molecule has 2 rings (SSSR count). The van der Waals surface area contributed by atoms with Gasteiger partial charge in [0.05, 0.1) is 0 Å². The van der Waals surface area contributed by atoms with Gasteiger partial charge in [-0.05, 0) is 24.8 Å². The smallest absolute Gasteiger partial charge is 0.265 e. The van der Waals surface area contributed by atoms with Gasteiger partial charge in [-0.15, -0.1) is 12.4 Å². The Bertz CT molecular complexity index is 644. The number of halogens is 1. The van der Waals surface area contributed by atoms with Gasteiger partial charge in [0.2, 0.25) is 10.0 Å². The van der Waals surface area contributed by atoms with Crippen molar-refractivity contribution < 1.29 is 13.2 Å². The molecule has 1 amide bonds. The number of aromatic nitrogens is 1. The molecular weight excluding hydrogens is 328 g/mol. The van der Waals surface area contributed by atoms with Crippen LogP contribution in [0.25, 0.3) is 0 Å². The average molecular weight is 351 g/mol. The Labute approximate surface area is 137 Å². The topological polar surface area (TPSA) is 111 Å². The standard InChI is InChI=1S/C13H22N4O3S.ClH/c1-9-3-4-17(10(5-9)7-14)21(19,20)11-6-12(13(15)18)16(2)8-11;/h6,8-10H,3-5,7,14H2,1-2H3,(H2,15,18);1H. The first-order valence-electron chi connectivity index (χ1n) is 6.95. The van der Waals surface area contributed by atoms with Crippen LogP contribution in [0.3, 0.4) is 0 Å². The van der Waals surface area contributed by atoms with Crippen molar-refractivity contribution in [2.45, 2.75) is 30.7 Å². The second-order valence-corrected chi connectivity index (χ2v) is 7.56. The largest absolute Gasteiger partial charge is 0.364 e. The molecule has 1 aromatic heterocycles. The van der Waals surface area contributed by atoms with Crippen molar-refractivity contribution in [1.29, 1.82) is 0 Å². The van der Waals surface area contributed by atoms with E-state index in [1.807, 2.05) is 0 Å². The Morgan fingerprint density at radius 1 is 1.45 bits per heavy atom. The summed E-state index contributed by atoms with van der Waals surface area (Å²) in [5, 5.41) is 0. The zero-order valence-electron chi connectivity index (χ0n) is 12.7. The number of hydrogen-bond acceptors (Lipinski definition) is 4. The number of sulfonamides is 1. The second kappa shape index (κ2) is 6.99. The van der Waals surface area contributed by atoms with Crippen molar-refractivity contribution in [3.8, 4) is 0 Å². The van der Waals surface area contributed by atoms with Crippen molar-refractivity contribution in [2.24, 2.45) is 24.4 Å². The number of primary amides is 1. The molecule has 0 spiro atoms. The summed E-state index contributed by atoms with van der Waals surface area (Å²) in [6.45, 7) is 2.84. The van der Waals surface area contributed by atoms with E-state index < -0.39 is 15.9 Å². The van der Waals surface area contributed by atoms with E-state index in [1.54, 1.807) is 7.05 Å². The van der Waals surface area contributed by atoms with Crippen LogP contribution in [0.4, 0.5) is 0 Å². The van der Waals surface area contributed by atoms with Crippen LogP contribution in [0.15, 0.2) is 17.2 Å². The highest BCUT2D eigenvalue weighted by molar-refractivity contribution is 7.89. The van der Waals surface area contributed by atoms with Gasteiger partial charge in [0.25, 0.3) is 5.91 Å². The minimum atomic E-state index is -3.66. The molecule has 1 aromatic rings. The Kier molecular flexibility index (Phi) is 6.03. The number of hydrogen-bond donors (Lipinski definition) is 2. The molecule has 2 atom stereocenters. The quantitative estimate of drug-likeness (QED) is 0.812. The summed E-state index contributed by atoms with van der Waals surface area (Å²) < 4.78 is 28.4. The predicted octanol–water partition coefficient (Wildman–Crippen LogP) is 0.294. The number of amides is 1. The molecule has 1 aliphatic heterocycles. The highest BCUT2D eigenvalue weighted by Gasteiger charge is 2.35. The number of rotatable bonds is 4. The molecule has 0 radical (unpaired) electrons. The van der Waals surface area contributed by atoms with Crippen LogP contribution in [0.1, 0.15) is 30.3 Å². The first kappa shape index (κ1) is 19.0. The van der Waals surface area contributed by atoms with E-state index >= 15 is 0 Å². The lowest BCUT2D eigenvalue weighted by Gasteiger charge is -2.36. The molecule has 0 bridgehead atoms. The molecular formula is C13H23ClN4O3S. The minimum Gasteiger partial charge on any atom is -0.364 e. The van der Waals surface area contributed by atoms with Crippen LogP contribution >= 0.6 is 12.4 Å². The van der Waals surface area contributed by atoms with Gasteiger partial charge in [-0.2, -0.15) is 4.31 Å². The van der Waals surface area contributed by atoms with E-state index in [0.717, 1.165) is 12.8 Å². The molecule has 1 aliphatic rings. The van der Waals surface area contributed by atoms with E-state index in [2.05, 4.69) is 6.92 Å². The van der Waals surface area contributed by atoms with E-state index in [-0.39, 0.29) is 29.0 Å². The maximum atomic E-state index is 12.8. The van der Waals surface area contributed by atoms with Crippen LogP contribution in [-0.4, -0.2) is 42.3 Å². The third kappa shape index (κ3) is 3.45. The van der Waals surface area contributed by atoms with Crippen molar-refractivity contribution in [3.05, 3.63) is 18.0 Å². The third-order valence-corrected chi connectivity index (χ3v) is 5.95. The molecule has 1 fully saturated rings. The molecule has 4 N–H and O–H groups in total. The fraction of sp³-hybridized carbons (Fsp3) is 0.615. The molecule has 7 nitrogen and oxygen atoms in total. The van der Waals surface area contributed by atoms with E-state index in [4.69, 9.17) is 11.5 Å². The van der Waals surface area contributed by atoms with Gasteiger partial charge in [0.15, 0.2) is 0 Å². The van der Waals surface area contributed by atoms with Gasteiger partial charge in [-0.25, -0.2) is 8.42 Å².